The zero-order valence-corrected chi connectivity index (χ0v) is 16.2. The van der Waals surface area contributed by atoms with Crippen molar-refractivity contribution in [2.45, 2.75) is 45.4 Å². The molecule has 0 N–H and O–H groups in total. The molecule has 0 radical (unpaired) electrons. The smallest absolute Gasteiger partial charge is 0.235 e. The first-order chi connectivity index (χ1) is 12.8. The maximum absolute atomic E-state index is 13.2. The second kappa shape index (κ2) is 6.44. The first-order valence-corrected chi connectivity index (χ1v) is 9.50. The number of likely N-dealkylation sites (tertiary alicyclic amines) is 1. The molecule has 1 aromatic heterocycles. The molecule has 2 bridgehead atoms. The zero-order chi connectivity index (χ0) is 19.3. The Balaban J connectivity index is 1.51. The molecule has 0 aliphatic carbocycles. The maximum Gasteiger partial charge on any atom is 0.235 e. The van der Waals surface area contributed by atoms with Crippen molar-refractivity contribution in [3.63, 3.8) is 0 Å². The second-order valence-corrected chi connectivity index (χ2v) is 8.25. The van der Waals surface area contributed by atoms with Crippen molar-refractivity contribution in [3.8, 4) is 0 Å². The summed E-state index contributed by atoms with van der Waals surface area (Å²) in [5, 5.41) is 7.74. The molecule has 8 heteroatoms. The summed E-state index contributed by atoms with van der Waals surface area (Å²) in [6.07, 6.45) is 4.52. The van der Waals surface area contributed by atoms with Crippen molar-refractivity contribution < 1.29 is 18.7 Å². The molecule has 0 aromatic carbocycles. The van der Waals surface area contributed by atoms with Gasteiger partial charge in [0.05, 0.1) is 31.0 Å². The number of rotatable bonds is 6. The van der Waals surface area contributed by atoms with Crippen LogP contribution >= 0.6 is 0 Å². The average Bonchev–Trinajstić information content (AvgIpc) is 3.34. The van der Waals surface area contributed by atoms with Crippen molar-refractivity contribution in [3.05, 3.63) is 23.9 Å². The van der Waals surface area contributed by atoms with Gasteiger partial charge >= 0.3 is 0 Å². The maximum atomic E-state index is 13.2. The lowest BCUT2D eigenvalue weighted by molar-refractivity contribution is -0.143. The Labute approximate surface area is 158 Å². The van der Waals surface area contributed by atoms with Crippen LogP contribution in [0.4, 0.5) is 0 Å². The van der Waals surface area contributed by atoms with Crippen LogP contribution in [0.3, 0.4) is 0 Å². The molecule has 4 atom stereocenters. The lowest BCUT2D eigenvalue weighted by Gasteiger charge is -2.27. The molecule has 2 amide bonds. The number of hydrogen-bond donors (Lipinski definition) is 0. The molecule has 2 fully saturated rings. The fraction of sp³-hybridized carbons (Fsp3) is 0.684. The van der Waals surface area contributed by atoms with Gasteiger partial charge in [-0.25, -0.2) is 0 Å². The molecule has 4 rings (SSSR count). The normalized spacial score (nSPS) is 31.2. The number of aromatic nitrogens is 2. The second-order valence-electron chi connectivity index (χ2n) is 8.25. The molecule has 3 aliphatic heterocycles. The number of carbonyl (C=O) groups excluding carboxylic acids is 2. The number of ether oxygens (including phenoxy) is 1. The minimum atomic E-state index is -0.652. The Morgan fingerprint density at radius 3 is 2.89 bits per heavy atom. The van der Waals surface area contributed by atoms with E-state index < -0.39 is 17.4 Å². The van der Waals surface area contributed by atoms with E-state index in [4.69, 9.17) is 9.15 Å². The largest absolute Gasteiger partial charge is 0.424 e. The monoisotopic (exact) mass is 374 g/mol. The summed E-state index contributed by atoms with van der Waals surface area (Å²) in [6, 6.07) is 0. The van der Waals surface area contributed by atoms with Crippen LogP contribution in [-0.4, -0.2) is 63.7 Å². The lowest BCUT2D eigenvalue weighted by Crippen LogP contribution is -2.44. The molecule has 8 nitrogen and oxygen atoms in total. The highest BCUT2D eigenvalue weighted by molar-refractivity contribution is 5.92. The topological polar surface area (TPSA) is 88.8 Å². The molecule has 0 saturated carbocycles. The van der Waals surface area contributed by atoms with Crippen LogP contribution in [0, 0.1) is 24.7 Å². The van der Waals surface area contributed by atoms with Gasteiger partial charge in [0.15, 0.2) is 0 Å². The van der Waals surface area contributed by atoms with Gasteiger partial charge in [0.2, 0.25) is 23.6 Å². The quantitative estimate of drug-likeness (QED) is 0.695. The predicted octanol–water partition coefficient (Wildman–Crippen LogP) is 1.16. The lowest BCUT2D eigenvalue weighted by atomic mass is 9.76. The Morgan fingerprint density at radius 2 is 2.22 bits per heavy atom. The van der Waals surface area contributed by atoms with Gasteiger partial charge in [-0.3, -0.25) is 9.59 Å². The van der Waals surface area contributed by atoms with E-state index in [0.717, 1.165) is 6.42 Å². The Morgan fingerprint density at radius 1 is 1.44 bits per heavy atom. The van der Waals surface area contributed by atoms with Crippen LogP contribution < -0.4 is 0 Å². The van der Waals surface area contributed by atoms with Crippen molar-refractivity contribution in [2.24, 2.45) is 17.8 Å². The molecule has 27 heavy (non-hydrogen) atoms. The van der Waals surface area contributed by atoms with E-state index in [9.17, 15) is 9.59 Å². The first-order valence-electron chi connectivity index (χ1n) is 9.50. The van der Waals surface area contributed by atoms with Gasteiger partial charge in [-0.2, -0.15) is 0 Å². The fourth-order valence-corrected chi connectivity index (χ4v) is 4.40. The molecular weight excluding hydrogens is 348 g/mol. The van der Waals surface area contributed by atoms with Crippen LogP contribution in [0.5, 0.6) is 0 Å². The number of hydrogen-bond acceptors (Lipinski definition) is 6. The SMILES string of the molecule is Cc1nnc(CN(C)C(=O)C2C3C=CC4(CN(CCC(C)C)C(=O)C24)O3)o1. The van der Waals surface area contributed by atoms with Crippen LogP contribution in [0.25, 0.3) is 0 Å². The molecule has 4 heterocycles. The van der Waals surface area contributed by atoms with E-state index in [-0.39, 0.29) is 24.5 Å². The number of aryl methyl sites for hydroxylation is 1. The Kier molecular flexibility index (Phi) is 4.33. The van der Waals surface area contributed by atoms with Gasteiger partial charge in [0.25, 0.3) is 0 Å². The molecule has 2 saturated heterocycles. The highest BCUT2D eigenvalue weighted by atomic mass is 16.5. The highest BCUT2D eigenvalue weighted by Crippen LogP contribution is 2.52. The summed E-state index contributed by atoms with van der Waals surface area (Å²) in [6.45, 7) is 7.45. The Hall–Kier alpha value is -2.22. The summed E-state index contributed by atoms with van der Waals surface area (Å²) in [4.78, 5) is 29.6. The summed E-state index contributed by atoms with van der Waals surface area (Å²) in [7, 11) is 1.69. The molecule has 3 aliphatic rings. The van der Waals surface area contributed by atoms with Crippen LogP contribution in [0.1, 0.15) is 32.0 Å². The van der Waals surface area contributed by atoms with Crippen LogP contribution in [0.2, 0.25) is 0 Å². The van der Waals surface area contributed by atoms with Gasteiger partial charge in [-0.05, 0) is 12.3 Å². The number of carbonyl (C=O) groups is 2. The van der Waals surface area contributed by atoms with Crippen molar-refractivity contribution in [2.75, 3.05) is 20.1 Å². The van der Waals surface area contributed by atoms with Gasteiger partial charge < -0.3 is 19.0 Å². The highest BCUT2D eigenvalue weighted by Gasteiger charge is 2.66. The minimum Gasteiger partial charge on any atom is -0.424 e. The van der Waals surface area contributed by atoms with Crippen molar-refractivity contribution >= 4 is 11.8 Å². The van der Waals surface area contributed by atoms with Crippen molar-refractivity contribution in [1.82, 2.24) is 20.0 Å². The molecule has 146 valence electrons. The Bertz CT molecular complexity index is 788. The number of amides is 2. The molecule has 4 unspecified atom stereocenters. The third-order valence-corrected chi connectivity index (χ3v) is 5.76. The summed E-state index contributed by atoms with van der Waals surface area (Å²) >= 11 is 0. The minimum absolute atomic E-state index is 0.0304. The molecule has 1 spiro atoms. The predicted molar refractivity (Wildman–Crippen MR) is 95.3 cm³/mol. The summed E-state index contributed by atoms with van der Waals surface area (Å²) < 4.78 is 11.5. The fourth-order valence-electron chi connectivity index (χ4n) is 4.40. The van der Waals surface area contributed by atoms with E-state index >= 15 is 0 Å². The third-order valence-electron chi connectivity index (χ3n) is 5.76. The van der Waals surface area contributed by atoms with E-state index in [1.807, 2.05) is 17.1 Å². The first kappa shape index (κ1) is 18.2. The van der Waals surface area contributed by atoms with Crippen LogP contribution in [0.15, 0.2) is 16.6 Å². The van der Waals surface area contributed by atoms with E-state index in [1.54, 1.807) is 18.9 Å². The number of nitrogens with zero attached hydrogens (tertiary/aromatic N) is 4. The van der Waals surface area contributed by atoms with Crippen molar-refractivity contribution in [1.29, 1.82) is 0 Å². The molecular formula is C19H26N4O4. The average molecular weight is 374 g/mol. The van der Waals surface area contributed by atoms with E-state index in [0.29, 0.717) is 30.8 Å². The zero-order valence-electron chi connectivity index (χ0n) is 16.2. The van der Waals surface area contributed by atoms with E-state index in [1.165, 1.54) is 0 Å². The van der Waals surface area contributed by atoms with Gasteiger partial charge in [0.1, 0.15) is 5.60 Å². The van der Waals surface area contributed by atoms with Gasteiger partial charge in [0, 0.05) is 20.5 Å². The summed E-state index contributed by atoms with van der Waals surface area (Å²) in [5.74, 6) is 0.329. The van der Waals surface area contributed by atoms with Gasteiger partial charge in [-0.1, -0.05) is 26.0 Å². The van der Waals surface area contributed by atoms with Gasteiger partial charge in [-0.15, -0.1) is 10.2 Å². The summed E-state index contributed by atoms with van der Waals surface area (Å²) in [5.41, 5.74) is -0.652. The standard InChI is InChI=1S/C19H26N4O4/c1-11(2)6-8-23-10-19-7-5-13(27-19)15(16(19)18(23)25)17(24)22(4)9-14-21-20-12(3)26-14/h5,7,11,13,15-16H,6,8-10H2,1-4H3. The molecule has 1 aromatic rings. The number of fused-ring (bicyclic) bond motifs is 1. The van der Waals surface area contributed by atoms with E-state index in [2.05, 4.69) is 24.0 Å². The third kappa shape index (κ3) is 2.96. The van der Waals surface area contributed by atoms with Crippen LogP contribution in [-0.2, 0) is 20.9 Å².